The number of thiocarbonyl (C=S) groups is 1. The fourth-order valence-corrected chi connectivity index (χ4v) is 3.03. The molecule has 0 radical (unpaired) electrons. The van der Waals surface area contributed by atoms with Gasteiger partial charge in [-0.3, -0.25) is 20.0 Å². The molecule has 0 aliphatic rings. The Morgan fingerprint density at radius 3 is 2.83 bits per heavy atom. The molecule has 1 amide bonds. The Labute approximate surface area is 142 Å². The number of hydrogen-bond donors (Lipinski definition) is 3. The lowest BCUT2D eigenvalue weighted by Crippen LogP contribution is -2.46. The number of nitrogens with zero attached hydrogens (tertiary/aromatic N) is 2. The van der Waals surface area contributed by atoms with Gasteiger partial charge < -0.3 is 5.32 Å². The minimum atomic E-state index is -0.169. The normalized spacial score (nSPS) is 10.5. The molecule has 1 aromatic carbocycles. The number of hydrazine groups is 1. The quantitative estimate of drug-likeness (QED) is 0.498. The lowest BCUT2D eigenvalue weighted by atomic mass is 10.2. The molecule has 0 fully saturated rings. The van der Waals surface area contributed by atoms with E-state index in [2.05, 4.69) is 21.2 Å². The molecule has 3 rings (SSSR count). The van der Waals surface area contributed by atoms with Gasteiger partial charge in [-0.25, -0.2) is 4.98 Å². The van der Waals surface area contributed by atoms with Gasteiger partial charge in [0, 0.05) is 29.9 Å². The van der Waals surface area contributed by atoms with Crippen molar-refractivity contribution in [1.29, 1.82) is 0 Å². The molecule has 23 heavy (non-hydrogen) atoms. The summed E-state index contributed by atoms with van der Waals surface area (Å²) >= 11 is 6.42. The first-order valence-electron chi connectivity index (χ1n) is 6.95. The van der Waals surface area contributed by atoms with Crippen LogP contribution in [0, 0.1) is 0 Å². The Balaban J connectivity index is 1.76. The predicted octanol–water partition coefficient (Wildman–Crippen LogP) is 1.73. The highest BCUT2D eigenvalue weighted by atomic mass is 32.1. The maximum absolute atomic E-state index is 12.0. The molecule has 0 bridgehead atoms. The topological polar surface area (TPSA) is 70.5 Å². The standard InChI is InChI=1S/C15H15N5OS2/c1-16-14(22)19-18-13(21)7-11-9-23-15-17-12(8-20(11)15)10-5-3-2-4-6-10/h2-6,8-9H,7H2,1H3,(H,18,21)(H2,16,19,22). The largest absolute Gasteiger partial charge is 0.364 e. The second-order valence-corrected chi connectivity index (χ2v) is 6.05. The van der Waals surface area contributed by atoms with Crippen LogP contribution in [0.2, 0.25) is 0 Å². The molecule has 0 saturated carbocycles. The summed E-state index contributed by atoms with van der Waals surface area (Å²) < 4.78 is 1.95. The molecule has 0 aliphatic heterocycles. The summed E-state index contributed by atoms with van der Waals surface area (Å²) in [6.45, 7) is 0. The van der Waals surface area contributed by atoms with Gasteiger partial charge in [-0.05, 0) is 12.2 Å². The molecular formula is C15H15N5OS2. The van der Waals surface area contributed by atoms with Crippen molar-refractivity contribution in [3.63, 3.8) is 0 Å². The Bertz CT molecular complexity index is 840. The van der Waals surface area contributed by atoms with E-state index in [0.29, 0.717) is 5.11 Å². The van der Waals surface area contributed by atoms with Gasteiger partial charge in [0.25, 0.3) is 0 Å². The van der Waals surface area contributed by atoms with E-state index in [0.717, 1.165) is 21.9 Å². The molecule has 2 heterocycles. The van der Waals surface area contributed by atoms with E-state index in [1.165, 1.54) is 11.3 Å². The van der Waals surface area contributed by atoms with Gasteiger partial charge in [0.15, 0.2) is 10.1 Å². The van der Waals surface area contributed by atoms with E-state index in [9.17, 15) is 4.79 Å². The van der Waals surface area contributed by atoms with Crippen molar-refractivity contribution >= 4 is 39.5 Å². The van der Waals surface area contributed by atoms with Crippen molar-refractivity contribution in [3.8, 4) is 11.3 Å². The molecule has 118 valence electrons. The highest BCUT2D eigenvalue weighted by Crippen LogP contribution is 2.23. The van der Waals surface area contributed by atoms with Crippen LogP contribution in [0.3, 0.4) is 0 Å². The zero-order valence-corrected chi connectivity index (χ0v) is 14.0. The number of rotatable bonds is 3. The van der Waals surface area contributed by atoms with E-state index < -0.39 is 0 Å². The van der Waals surface area contributed by atoms with Crippen LogP contribution in [0.5, 0.6) is 0 Å². The van der Waals surface area contributed by atoms with Crippen LogP contribution in [0.1, 0.15) is 5.69 Å². The number of hydrogen-bond acceptors (Lipinski definition) is 4. The summed E-state index contributed by atoms with van der Waals surface area (Å²) in [5.41, 5.74) is 8.01. The van der Waals surface area contributed by atoms with E-state index in [4.69, 9.17) is 12.2 Å². The number of amides is 1. The van der Waals surface area contributed by atoms with E-state index in [1.807, 2.05) is 46.3 Å². The molecule has 2 aromatic heterocycles. The zero-order valence-electron chi connectivity index (χ0n) is 12.4. The molecule has 3 aromatic rings. The monoisotopic (exact) mass is 345 g/mol. The van der Waals surface area contributed by atoms with Crippen molar-refractivity contribution in [2.45, 2.75) is 6.42 Å². The summed E-state index contributed by atoms with van der Waals surface area (Å²) in [6, 6.07) is 9.96. The van der Waals surface area contributed by atoms with Crippen molar-refractivity contribution in [2.75, 3.05) is 7.05 Å². The van der Waals surface area contributed by atoms with Crippen LogP contribution < -0.4 is 16.2 Å². The second-order valence-electron chi connectivity index (χ2n) is 4.80. The number of carbonyl (C=O) groups excluding carboxylic acids is 1. The van der Waals surface area contributed by atoms with E-state index in [-0.39, 0.29) is 12.3 Å². The summed E-state index contributed by atoms with van der Waals surface area (Å²) in [6.07, 6.45) is 2.19. The number of thiazole rings is 1. The third-order valence-corrected chi connectivity index (χ3v) is 4.43. The Kier molecular flexibility index (Phi) is 4.54. The van der Waals surface area contributed by atoms with Gasteiger partial charge in [-0.1, -0.05) is 30.3 Å². The first-order chi connectivity index (χ1) is 11.2. The molecule has 0 atom stereocenters. The van der Waals surface area contributed by atoms with Crippen LogP contribution in [0.4, 0.5) is 0 Å². The summed E-state index contributed by atoms with van der Waals surface area (Å²) in [5, 5.41) is 5.02. The van der Waals surface area contributed by atoms with Gasteiger partial charge in [0.05, 0.1) is 12.1 Å². The number of imidazole rings is 1. The first-order valence-corrected chi connectivity index (χ1v) is 8.23. The number of aromatic nitrogens is 2. The summed E-state index contributed by atoms with van der Waals surface area (Å²) in [4.78, 5) is 17.4. The predicted molar refractivity (Wildman–Crippen MR) is 95.1 cm³/mol. The number of nitrogens with one attached hydrogen (secondary N) is 3. The molecule has 6 nitrogen and oxygen atoms in total. The third kappa shape index (κ3) is 3.49. The minimum absolute atomic E-state index is 0.169. The molecule has 3 N–H and O–H groups in total. The van der Waals surface area contributed by atoms with Gasteiger partial charge in [-0.15, -0.1) is 11.3 Å². The van der Waals surface area contributed by atoms with Crippen LogP contribution in [-0.4, -0.2) is 27.5 Å². The van der Waals surface area contributed by atoms with Crippen LogP contribution in [0.15, 0.2) is 41.9 Å². The smallest absolute Gasteiger partial charge is 0.244 e. The molecule has 0 unspecified atom stereocenters. The Hall–Kier alpha value is -2.45. The highest BCUT2D eigenvalue weighted by molar-refractivity contribution is 7.80. The number of carbonyl (C=O) groups is 1. The minimum Gasteiger partial charge on any atom is -0.364 e. The van der Waals surface area contributed by atoms with Gasteiger partial charge in [0.1, 0.15) is 0 Å². The lowest BCUT2D eigenvalue weighted by molar-refractivity contribution is -0.121. The summed E-state index contributed by atoms with van der Waals surface area (Å²) in [5.74, 6) is -0.169. The Morgan fingerprint density at radius 2 is 2.09 bits per heavy atom. The van der Waals surface area contributed by atoms with Crippen molar-refractivity contribution < 1.29 is 4.79 Å². The SMILES string of the molecule is CNC(=S)NNC(=O)Cc1csc2nc(-c3ccccc3)cn12. The zero-order chi connectivity index (χ0) is 16.2. The van der Waals surface area contributed by atoms with Crippen molar-refractivity contribution in [1.82, 2.24) is 25.6 Å². The highest BCUT2D eigenvalue weighted by Gasteiger charge is 2.12. The molecule has 8 heteroatoms. The van der Waals surface area contributed by atoms with Crippen LogP contribution in [-0.2, 0) is 11.2 Å². The van der Waals surface area contributed by atoms with E-state index in [1.54, 1.807) is 7.05 Å². The number of benzene rings is 1. The lowest BCUT2D eigenvalue weighted by Gasteiger charge is -2.08. The first kappa shape index (κ1) is 15.4. The average molecular weight is 345 g/mol. The van der Waals surface area contributed by atoms with Crippen molar-refractivity contribution in [3.05, 3.63) is 47.6 Å². The molecular weight excluding hydrogens is 330 g/mol. The Morgan fingerprint density at radius 1 is 1.30 bits per heavy atom. The average Bonchev–Trinajstić information content (AvgIpc) is 3.15. The van der Waals surface area contributed by atoms with Crippen LogP contribution >= 0.6 is 23.6 Å². The van der Waals surface area contributed by atoms with Gasteiger partial charge in [-0.2, -0.15) is 0 Å². The summed E-state index contributed by atoms with van der Waals surface area (Å²) in [7, 11) is 1.68. The molecule has 0 aliphatic carbocycles. The van der Waals surface area contributed by atoms with Crippen molar-refractivity contribution in [2.24, 2.45) is 0 Å². The second kappa shape index (κ2) is 6.76. The molecule has 0 saturated heterocycles. The van der Waals surface area contributed by atoms with E-state index >= 15 is 0 Å². The number of fused-ring (bicyclic) bond motifs is 1. The fraction of sp³-hybridized carbons (Fsp3) is 0.133. The maximum atomic E-state index is 12.0. The van der Waals surface area contributed by atoms with Gasteiger partial charge >= 0.3 is 0 Å². The molecule has 0 spiro atoms. The van der Waals surface area contributed by atoms with Gasteiger partial charge in [0.2, 0.25) is 5.91 Å². The van der Waals surface area contributed by atoms with Crippen LogP contribution in [0.25, 0.3) is 16.2 Å². The maximum Gasteiger partial charge on any atom is 0.244 e. The fourth-order valence-electron chi connectivity index (χ4n) is 2.10. The third-order valence-electron chi connectivity index (χ3n) is 3.24.